The fourth-order valence-electron chi connectivity index (χ4n) is 1.33. The maximum Gasteiger partial charge on any atom is 0.244 e. The van der Waals surface area contributed by atoms with Crippen LogP contribution in [0.2, 0.25) is 0 Å². The highest BCUT2D eigenvalue weighted by atomic mass is 32.1. The average molecular weight is 219 g/mol. The number of thiophene rings is 1. The lowest BCUT2D eigenvalue weighted by Gasteiger charge is -1.86. The summed E-state index contributed by atoms with van der Waals surface area (Å²) >= 11 is 1.56. The Morgan fingerprint density at radius 3 is 2.87 bits per heavy atom. The van der Waals surface area contributed by atoms with Crippen molar-refractivity contribution in [2.75, 3.05) is 0 Å². The summed E-state index contributed by atoms with van der Waals surface area (Å²) in [5.74, 6) is 0. The lowest BCUT2D eigenvalue weighted by molar-refractivity contribution is -0.422. The molecule has 2 aromatic rings. The second-order valence-electron chi connectivity index (χ2n) is 3.23. The molecule has 1 aromatic heterocycles. The van der Waals surface area contributed by atoms with E-state index in [-0.39, 0.29) is 10.6 Å². The first kappa shape index (κ1) is 9.86. The summed E-state index contributed by atoms with van der Waals surface area (Å²) in [6.07, 6.45) is 1.60. The molecule has 0 aliphatic rings. The van der Waals surface area contributed by atoms with Crippen LogP contribution < -0.4 is 0 Å². The number of benzene rings is 1. The van der Waals surface area contributed by atoms with Crippen molar-refractivity contribution in [2.45, 2.75) is 6.92 Å². The molecule has 1 heterocycles. The number of rotatable bonds is 2. The van der Waals surface area contributed by atoms with Crippen molar-refractivity contribution < 1.29 is 4.92 Å². The molecule has 0 fully saturated rings. The van der Waals surface area contributed by atoms with Gasteiger partial charge in [0.05, 0.1) is 4.92 Å². The lowest BCUT2D eigenvalue weighted by atomic mass is 10.2. The number of hydrogen-bond donors (Lipinski definition) is 0. The van der Waals surface area contributed by atoms with Crippen LogP contribution in [0.4, 0.5) is 0 Å². The normalized spacial score (nSPS) is 11.9. The monoisotopic (exact) mass is 219 g/mol. The summed E-state index contributed by atoms with van der Waals surface area (Å²) in [6, 6.07) is 9.91. The molecule has 4 heteroatoms. The van der Waals surface area contributed by atoms with Crippen molar-refractivity contribution >= 4 is 27.5 Å². The van der Waals surface area contributed by atoms with Crippen LogP contribution in [0.5, 0.6) is 0 Å². The van der Waals surface area contributed by atoms with Gasteiger partial charge in [0.15, 0.2) is 0 Å². The summed E-state index contributed by atoms with van der Waals surface area (Å²) in [6.45, 7) is 1.50. The van der Waals surface area contributed by atoms with Gasteiger partial charge in [-0.1, -0.05) is 18.2 Å². The van der Waals surface area contributed by atoms with Crippen LogP contribution >= 0.6 is 11.3 Å². The highest BCUT2D eigenvalue weighted by Crippen LogP contribution is 2.26. The maximum absolute atomic E-state index is 10.5. The van der Waals surface area contributed by atoms with E-state index < -0.39 is 0 Å². The predicted molar refractivity (Wildman–Crippen MR) is 62.5 cm³/mol. The Hall–Kier alpha value is -1.68. The zero-order valence-electron chi connectivity index (χ0n) is 8.14. The number of allylic oxidation sites excluding steroid dienone is 1. The zero-order valence-corrected chi connectivity index (χ0v) is 8.95. The highest BCUT2D eigenvalue weighted by Gasteiger charge is 2.04. The molecule has 2 rings (SSSR count). The smallest absolute Gasteiger partial charge is 0.244 e. The molecule has 15 heavy (non-hydrogen) atoms. The van der Waals surface area contributed by atoms with Gasteiger partial charge in [0.1, 0.15) is 0 Å². The molecular weight excluding hydrogens is 210 g/mol. The molecule has 1 aromatic carbocycles. The third-order valence-electron chi connectivity index (χ3n) is 2.08. The molecule has 0 saturated carbocycles. The summed E-state index contributed by atoms with van der Waals surface area (Å²) in [5, 5.41) is 11.6. The first-order valence-corrected chi connectivity index (χ1v) is 5.30. The molecule has 3 nitrogen and oxygen atoms in total. The minimum Gasteiger partial charge on any atom is -0.259 e. The molecule has 0 radical (unpaired) electrons. The van der Waals surface area contributed by atoms with E-state index in [9.17, 15) is 10.1 Å². The first-order valence-electron chi connectivity index (χ1n) is 4.48. The predicted octanol–water partition coefficient (Wildman–Crippen LogP) is 3.54. The SMILES string of the molecule is C/C(=C\c1cc2ccccc2s1)[N+](=O)[O-]. The van der Waals surface area contributed by atoms with Crippen LogP contribution in [0.15, 0.2) is 36.0 Å². The van der Waals surface area contributed by atoms with Gasteiger partial charge in [-0.15, -0.1) is 11.3 Å². The first-order chi connectivity index (χ1) is 7.16. The van der Waals surface area contributed by atoms with Crippen molar-refractivity contribution in [1.82, 2.24) is 0 Å². The minimum atomic E-state index is -0.371. The van der Waals surface area contributed by atoms with Gasteiger partial charge >= 0.3 is 0 Å². The standard InChI is InChI=1S/C11H9NO2S/c1-8(12(13)14)6-10-7-9-4-2-3-5-11(9)15-10/h2-7H,1H3/b8-6+. The van der Waals surface area contributed by atoms with E-state index >= 15 is 0 Å². The zero-order chi connectivity index (χ0) is 10.8. The van der Waals surface area contributed by atoms with Gasteiger partial charge in [-0.05, 0) is 17.5 Å². The van der Waals surface area contributed by atoms with Crippen LogP contribution in [0.25, 0.3) is 16.2 Å². The Morgan fingerprint density at radius 2 is 2.20 bits per heavy atom. The molecule has 0 spiro atoms. The summed E-state index contributed by atoms with van der Waals surface area (Å²) in [7, 11) is 0. The van der Waals surface area contributed by atoms with Gasteiger partial charge in [-0.25, -0.2) is 0 Å². The van der Waals surface area contributed by atoms with Gasteiger partial charge in [0, 0.05) is 22.6 Å². The Morgan fingerprint density at radius 1 is 1.47 bits per heavy atom. The third-order valence-corrected chi connectivity index (χ3v) is 3.15. The van der Waals surface area contributed by atoms with E-state index in [1.54, 1.807) is 17.4 Å². The van der Waals surface area contributed by atoms with E-state index in [4.69, 9.17) is 0 Å². The third kappa shape index (κ3) is 2.05. The number of nitro groups is 1. The van der Waals surface area contributed by atoms with Crippen LogP contribution in [-0.4, -0.2) is 4.92 Å². The fourth-order valence-corrected chi connectivity index (χ4v) is 2.39. The molecule has 0 bridgehead atoms. The molecule has 0 N–H and O–H groups in total. The Kier molecular flexibility index (Phi) is 2.51. The van der Waals surface area contributed by atoms with Crippen LogP contribution in [-0.2, 0) is 0 Å². The second kappa shape index (κ2) is 3.82. The van der Waals surface area contributed by atoms with Gasteiger partial charge in [-0.2, -0.15) is 0 Å². The van der Waals surface area contributed by atoms with Gasteiger partial charge in [0.25, 0.3) is 0 Å². The van der Waals surface area contributed by atoms with Crippen molar-refractivity contribution in [3.63, 3.8) is 0 Å². The van der Waals surface area contributed by atoms with E-state index in [0.717, 1.165) is 15.0 Å². The van der Waals surface area contributed by atoms with Crippen molar-refractivity contribution in [2.24, 2.45) is 0 Å². The molecule has 0 aliphatic carbocycles. The molecule has 76 valence electrons. The molecular formula is C11H9NO2S. The number of nitrogens with zero attached hydrogens (tertiary/aromatic N) is 1. The van der Waals surface area contributed by atoms with Gasteiger partial charge in [-0.3, -0.25) is 10.1 Å². The lowest BCUT2D eigenvalue weighted by Crippen LogP contribution is -1.91. The summed E-state index contributed by atoms with van der Waals surface area (Å²) < 4.78 is 1.15. The maximum atomic E-state index is 10.5. The Labute approximate surface area is 90.8 Å². The van der Waals surface area contributed by atoms with Crippen molar-refractivity contribution in [1.29, 1.82) is 0 Å². The Bertz CT molecular complexity index is 509. The molecule has 0 unspecified atom stereocenters. The Balaban J connectivity index is 2.46. The van der Waals surface area contributed by atoms with Crippen LogP contribution in [0.3, 0.4) is 0 Å². The topological polar surface area (TPSA) is 43.1 Å². The van der Waals surface area contributed by atoms with E-state index in [2.05, 4.69) is 0 Å². The van der Waals surface area contributed by atoms with Crippen LogP contribution in [0.1, 0.15) is 11.8 Å². The molecule has 0 aliphatic heterocycles. The molecule has 0 atom stereocenters. The molecule has 0 amide bonds. The minimum absolute atomic E-state index is 0.168. The largest absolute Gasteiger partial charge is 0.259 e. The van der Waals surface area contributed by atoms with Crippen molar-refractivity contribution in [3.05, 3.63) is 51.0 Å². The van der Waals surface area contributed by atoms with Gasteiger partial charge in [0.2, 0.25) is 5.70 Å². The van der Waals surface area contributed by atoms with Crippen molar-refractivity contribution in [3.8, 4) is 0 Å². The number of fused-ring (bicyclic) bond motifs is 1. The quantitative estimate of drug-likeness (QED) is 0.572. The average Bonchev–Trinajstić information content (AvgIpc) is 2.59. The fraction of sp³-hybridized carbons (Fsp3) is 0.0909. The molecule has 0 saturated heterocycles. The van der Waals surface area contributed by atoms with E-state index in [1.165, 1.54) is 6.92 Å². The summed E-state index contributed by atoms with van der Waals surface area (Å²) in [4.78, 5) is 11.0. The number of hydrogen-bond acceptors (Lipinski definition) is 3. The van der Waals surface area contributed by atoms with Gasteiger partial charge < -0.3 is 0 Å². The van der Waals surface area contributed by atoms with Crippen LogP contribution in [0, 0.1) is 10.1 Å². The second-order valence-corrected chi connectivity index (χ2v) is 4.34. The summed E-state index contributed by atoms with van der Waals surface area (Å²) in [5.41, 5.74) is 0.168. The highest BCUT2D eigenvalue weighted by molar-refractivity contribution is 7.19. The van der Waals surface area contributed by atoms with E-state index in [0.29, 0.717) is 0 Å². The van der Waals surface area contributed by atoms with E-state index in [1.807, 2.05) is 30.3 Å².